The SMILES string of the molecule is CNC(CCCS(C)(=O)=O)c1ncc(Br)cc1Br. The van der Waals surface area contributed by atoms with Crippen molar-refractivity contribution in [3.8, 4) is 0 Å². The third kappa shape index (κ3) is 5.34. The van der Waals surface area contributed by atoms with Gasteiger partial charge in [-0.25, -0.2) is 8.42 Å². The summed E-state index contributed by atoms with van der Waals surface area (Å²) >= 11 is 6.82. The lowest BCUT2D eigenvalue weighted by Crippen LogP contribution is -2.19. The first-order valence-electron chi connectivity index (χ1n) is 5.49. The number of hydrogen-bond donors (Lipinski definition) is 1. The average molecular weight is 400 g/mol. The molecule has 0 aliphatic rings. The van der Waals surface area contributed by atoms with Crippen LogP contribution in [0.5, 0.6) is 0 Å². The summed E-state index contributed by atoms with van der Waals surface area (Å²) in [5.74, 6) is 0.208. The molecule has 0 aromatic carbocycles. The van der Waals surface area contributed by atoms with Crippen LogP contribution in [-0.4, -0.2) is 32.5 Å². The first-order chi connectivity index (χ1) is 8.33. The van der Waals surface area contributed by atoms with Gasteiger partial charge in [0.25, 0.3) is 0 Å². The highest BCUT2D eigenvalue weighted by molar-refractivity contribution is 9.11. The molecule has 1 aromatic rings. The van der Waals surface area contributed by atoms with Gasteiger partial charge in [-0.1, -0.05) is 0 Å². The minimum absolute atomic E-state index is 0.0502. The second kappa shape index (κ2) is 6.98. The van der Waals surface area contributed by atoms with Gasteiger partial charge in [0.05, 0.1) is 11.7 Å². The summed E-state index contributed by atoms with van der Waals surface area (Å²) < 4.78 is 24.0. The van der Waals surface area contributed by atoms with Gasteiger partial charge in [0.15, 0.2) is 0 Å². The van der Waals surface area contributed by atoms with E-state index >= 15 is 0 Å². The molecule has 1 heterocycles. The lowest BCUT2D eigenvalue weighted by atomic mass is 10.1. The summed E-state index contributed by atoms with van der Waals surface area (Å²) in [6.45, 7) is 0. The van der Waals surface area contributed by atoms with Gasteiger partial charge in [-0.3, -0.25) is 4.98 Å². The van der Waals surface area contributed by atoms with E-state index in [0.29, 0.717) is 6.42 Å². The minimum atomic E-state index is -2.89. The van der Waals surface area contributed by atoms with E-state index in [1.807, 2.05) is 13.1 Å². The zero-order valence-electron chi connectivity index (χ0n) is 10.3. The fourth-order valence-electron chi connectivity index (χ4n) is 1.65. The van der Waals surface area contributed by atoms with Crippen molar-refractivity contribution in [1.29, 1.82) is 0 Å². The van der Waals surface area contributed by atoms with E-state index in [0.717, 1.165) is 21.1 Å². The topological polar surface area (TPSA) is 59.1 Å². The van der Waals surface area contributed by atoms with E-state index in [-0.39, 0.29) is 11.8 Å². The molecule has 1 atom stereocenters. The van der Waals surface area contributed by atoms with Gasteiger partial charge in [-0.2, -0.15) is 0 Å². The monoisotopic (exact) mass is 398 g/mol. The normalized spacial score (nSPS) is 13.6. The predicted octanol–water partition coefficient (Wildman–Crippen LogP) is 2.69. The van der Waals surface area contributed by atoms with Crippen molar-refractivity contribution < 1.29 is 8.42 Å². The van der Waals surface area contributed by atoms with Crippen LogP contribution < -0.4 is 5.32 Å². The number of hydrogen-bond acceptors (Lipinski definition) is 4. The molecule has 102 valence electrons. The van der Waals surface area contributed by atoms with E-state index in [1.165, 1.54) is 6.26 Å². The number of aromatic nitrogens is 1. The highest BCUT2D eigenvalue weighted by Gasteiger charge is 2.15. The Balaban J connectivity index is 2.71. The third-order valence-corrected chi connectivity index (χ3v) is 4.62. The van der Waals surface area contributed by atoms with Crippen molar-refractivity contribution in [2.45, 2.75) is 18.9 Å². The summed E-state index contributed by atoms with van der Waals surface area (Å²) in [6.07, 6.45) is 4.35. The lowest BCUT2D eigenvalue weighted by Gasteiger charge is -2.16. The molecule has 1 aromatic heterocycles. The van der Waals surface area contributed by atoms with Crippen LogP contribution in [0.2, 0.25) is 0 Å². The molecule has 0 saturated carbocycles. The van der Waals surface area contributed by atoms with Crippen LogP contribution in [0, 0.1) is 0 Å². The zero-order chi connectivity index (χ0) is 13.8. The van der Waals surface area contributed by atoms with Gasteiger partial charge in [-0.15, -0.1) is 0 Å². The molecule has 0 bridgehead atoms. The van der Waals surface area contributed by atoms with Gasteiger partial charge < -0.3 is 5.32 Å². The van der Waals surface area contributed by atoms with Crippen LogP contribution in [0.1, 0.15) is 24.6 Å². The van der Waals surface area contributed by atoms with E-state index < -0.39 is 9.84 Å². The second-order valence-corrected chi connectivity index (χ2v) is 8.16. The van der Waals surface area contributed by atoms with Gasteiger partial charge in [0.2, 0.25) is 0 Å². The second-order valence-electron chi connectivity index (χ2n) is 4.13. The number of rotatable bonds is 6. The van der Waals surface area contributed by atoms with Gasteiger partial charge in [0.1, 0.15) is 9.84 Å². The van der Waals surface area contributed by atoms with Crippen LogP contribution in [0.4, 0.5) is 0 Å². The third-order valence-electron chi connectivity index (χ3n) is 2.52. The molecule has 0 saturated heterocycles. The average Bonchev–Trinajstić information content (AvgIpc) is 2.24. The Kier molecular flexibility index (Phi) is 6.23. The number of sulfone groups is 1. The fraction of sp³-hybridized carbons (Fsp3) is 0.545. The molecule has 0 fully saturated rings. The first kappa shape index (κ1) is 16.1. The Labute approximate surface area is 125 Å². The number of nitrogens with one attached hydrogen (secondary N) is 1. The van der Waals surface area contributed by atoms with Gasteiger partial charge in [-0.05, 0) is 57.8 Å². The maximum atomic E-state index is 11.1. The van der Waals surface area contributed by atoms with E-state index in [9.17, 15) is 8.42 Å². The zero-order valence-corrected chi connectivity index (χ0v) is 14.3. The number of nitrogens with zero attached hydrogens (tertiary/aromatic N) is 1. The fourth-order valence-corrected chi connectivity index (χ4v) is 3.60. The lowest BCUT2D eigenvalue weighted by molar-refractivity contribution is 0.522. The van der Waals surface area contributed by atoms with Gasteiger partial charge >= 0.3 is 0 Å². The van der Waals surface area contributed by atoms with Crippen LogP contribution in [-0.2, 0) is 9.84 Å². The molecule has 18 heavy (non-hydrogen) atoms. The standard InChI is InChI=1S/C11H16Br2N2O2S/c1-14-10(4-3-5-18(2,16)17)11-9(13)6-8(12)7-15-11/h6-7,10,14H,3-5H2,1-2H3. The maximum absolute atomic E-state index is 11.1. The summed E-state index contributed by atoms with van der Waals surface area (Å²) in [5.41, 5.74) is 0.897. The van der Waals surface area contributed by atoms with Crippen LogP contribution >= 0.6 is 31.9 Å². The molecule has 1 unspecified atom stereocenters. The highest BCUT2D eigenvalue weighted by Crippen LogP contribution is 2.26. The van der Waals surface area contributed by atoms with Crippen LogP contribution in [0.25, 0.3) is 0 Å². The van der Waals surface area contributed by atoms with E-state index in [2.05, 4.69) is 42.2 Å². The molecule has 0 aliphatic carbocycles. The highest BCUT2D eigenvalue weighted by atomic mass is 79.9. The van der Waals surface area contributed by atoms with Crippen LogP contribution in [0.15, 0.2) is 21.2 Å². The molecule has 0 spiro atoms. The molecule has 0 aliphatic heterocycles. The Morgan fingerprint density at radius 2 is 2.11 bits per heavy atom. The smallest absolute Gasteiger partial charge is 0.147 e. The largest absolute Gasteiger partial charge is 0.312 e. The van der Waals surface area contributed by atoms with Crippen molar-refractivity contribution in [1.82, 2.24) is 10.3 Å². The first-order valence-corrected chi connectivity index (χ1v) is 9.14. The van der Waals surface area contributed by atoms with Gasteiger partial charge in [0, 0.05) is 27.2 Å². The summed E-state index contributed by atoms with van der Waals surface area (Å²) in [6, 6.07) is 1.98. The molecular weight excluding hydrogens is 384 g/mol. The quantitative estimate of drug-likeness (QED) is 0.798. The number of halogens is 2. The molecule has 1 N–H and O–H groups in total. The van der Waals surface area contributed by atoms with Crippen molar-refractivity contribution in [2.24, 2.45) is 0 Å². The molecule has 0 amide bonds. The number of pyridine rings is 1. The van der Waals surface area contributed by atoms with Crippen molar-refractivity contribution in [2.75, 3.05) is 19.1 Å². The molecule has 7 heteroatoms. The molecule has 4 nitrogen and oxygen atoms in total. The van der Waals surface area contributed by atoms with Crippen LogP contribution in [0.3, 0.4) is 0 Å². The Morgan fingerprint density at radius 1 is 1.44 bits per heavy atom. The van der Waals surface area contributed by atoms with E-state index in [1.54, 1.807) is 6.20 Å². The molecule has 0 radical (unpaired) electrons. The van der Waals surface area contributed by atoms with Crippen molar-refractivity contribution in [3.05, 3.63) is 26.9 Å². The summed E-state index contributed by atoms with van der Waals surface area (Å²) in [4.78, 5) is 4.36. The Bertz CT molecular complexity index is 506. The summed E-state index contributed by atoms with van der Waals surface area (Å²) in [5, 5.41) is 3.16. The Morgan fingerprint density at radius 3 is 2.61 bits per heavy atom. The molecular formula is C11H16Br2N2O2S. The Hall–Kier alpha value is 0.0200. The molecule has 1 rings (SSSR count). The summed E-state index contributed by atoms with van der Waals surface area (Å²) in [7, 11) is -1.05. The van der Waals surface area contributed by atoms with E-state index in [4.69, 9.17) is 0 Å². The minimum Gasteiger partial charge on any atom is -0.312 e. The maximum Gasteiger partial charge on any atom is 0.147 e. The van der Waals surface area contributed by atoms with Crippen molar-refractivity contribution in [3.63, 3.8) is 0 Å². The van der Waals surface area contributed by atoms with Crippen molar-refractivity contribution >= 4 is 41.7 Å². The predicted molar refractivity (Wildman–Crippen MR) is 80.4 cm³/mol.